The first-order valence-corrected chi connectivity index (χ1v) is 15.0. The smallest absolute Gasteiger partial charge is 0.337 e. The predicted molar refractivity (Wildman–Crippen MR) is 175 cm³/mol. The van der Waals surface area contributed by atoms with Crippen LogP contribution in [0.4, 0.5) is 0 Å². The fourth-order valence-corrected chi connectivity index (χ4v) is 4.83. The van der Waals surface area contributed by atoms with Gasteiger partial charge >= 0.3 is 11.9 Å². The fraction of sp³-hybridized carbons (Fsp3) is 0.263. The van der Waals surface area contributed by atoms with E-state index in [1.165, 1.54) is 25.3 Å². The number of hydrogen-bond acceptors (Lipinski definition) is 6. The first-order valence-electron chi connectivity index (χ1n) is 15.0. The van der Waals surface area contributed by atoms with E-state index in [-0.39, 0.29) is 11.9 Å². The van der Waals surface area contributed by atoms with Gasteiger partial charge in [-0.15, -0.1) is 0 Å². The van der Waals surface area contributed by atoms with E-state index in [1.54, 1.807) is 12.1 Å². The lowest BCUT2D eigenvalue weighted by atomic mass is 10.1. The Morgan fingerprint density at radius 1 is 0.682 bits per heavy atom. The molecule has 0 aliphatic rings. The maximum atomic E-state index is 11.8. The van der Waals surface area contributed by atoms with Crippen LogP contribution in [0.15, 0.2) is 103 Å². The van der Waals surface area contributed by atoms with E-state index in [0.29, 0.717) is 18.6 Å². The van der Waals surface area contributed by atoms with Gasteiger partial charge in [0.25, 0.3) is 0 Å². The van der Waals surface area contributed by atoms with Crippen LogP contribution >= 0.6 is 0 Å². The summed E-state index contributed by atoms with van der Waals surface area (Å²) >= 11 is 0. The van der Waals surface area contributed by atoms with Crippen LogP contribution in [-0.4, -0.2) is 44.1 Å². The summed E-state index contributed by atoms with van der Waals surface area (Å²) < 4.78 is 15.7. The number of methoxy groups -OCH3 is 2. The van der Waals surface area contributed by atoms with E-state index in [1.807, 2.05) is 42.5 Å². The van der Waals surface area contributed by atoms with Gasteiger partial charge in [-0.25, -0.2) is 4.79 Å². The summed E-state index contributed by atoms with van der Waals surface area (Å²) in [7, 11) is 2.81. The molecule has 0 radical (unpaired) electrons. The lowest BCUT2D eigenvalue weighted by Crippen LogP contribution is -2.27. The van der Waals surface area contributed by atoms with E-state index >= 15 is 0 Å². The second-order valence-electron chi connectivity index (χ2n) is 10.7. The first-order chi connectivity index (χ1) is 21.5. The minimum absolute atomic E-state index is 0.178. The van der Waals surface area contributed by atoms with E-state index in [4.69, 9.17) is 14.2 Å². The molecule has 44 heavy (non-hydrogen) atoms. The summed E-state index contributed by atoms with van der Waals surface area (Å²) in [5.74, 6) is 0.326. The Morgan fingerprint density at radius 3 is 2.09 bits per heavy atom. The van der Waals surface area contributed by atoms with Gasteiger partial charge in [0.05, 0.1) is 19.8 Å². The van der Waals surface area contributed by atoms with Crippen molar-refractivity contribution < 1.29 is 23.8 Å². The fourth-order valence-electron chi connectivity index (χ4n) is 4.83. The van der Waals surface area contributed by atoms with Gasteiger partial charge in [0.15, 0.2) is 0 Å². The molecule has 0 spiro atoms. The Hall–Kier alpha value is -4.68. The molecular formula is C38H41NO5. The van der Waals surface area contributed by atoms with Gasteiger partial charge in [0, 0.05) is 19.5 Å². The van der Waals surface area contributed by atoms with Crippen LogP contribution in [0.25, 0.3) is 12.2 Å². The van der Waals surface area contributed by atoms with Gasteiger partial charge in [-0.1, -0.05) is 91.0 Å². The summed E-state index contributed by atoms with van der Waals surface area (Å²) in [6, 6.07) is 34.5. The number of hydrogen-bond donors (Lipinski definition) is 0. The number of benzene rings is 4. The molecule has 4 aromatic rings. The van der Waals surface area contributed by atoms with Crippen molar-refractivity contribution in [1.29, 1.82) is 0 Å². The molecule has 0 aliphatic heterocycles. The van der Waals surface area contributed by atoms with Crippen molar-refractivity contribution in [3.63, 3.8) is 0 Å². The van der Waals surface area contributed by atoms with Gasteiger partial charge in [-0.2, -0.15) is 0 Å². The number of carbonyl (C=O) groups excluding carboxylic acids is 2. The highest BCUT2D eigenvalue weighted by Crippen LogP contribution is 2.18. The molecule has 0 bridgehead atoms. The Labute approximate surface area is 260 Å². The molecule has 0 amide bonds. The molecule has 0 saturated carbocycles. The highest BCUT2D eigenvalue weighted by Gasteiger charge is 2.10. The number of carbonyl (C=O) groups is 2. The summed E-state index contributed by atoms with van der Waals surface area (Å²) in [6.45, 7) is 2.94. The molecule has 6 nitrogen and oxygen atoms in total. The zero-order valence-corrected chi connectivity index (χ0v) is 25.6. The molecule has 0 aliphatic carbocycles. The van der Waals surface area contributed by atoms with Crippen molar-refractivity contribution in [3.8, 4) is 5.75 Å². The lowest BCUT2D eigenvalue weighted by molar-refractivity contribution is -0.140. The second kappa shape index (κ2) is 17.4. The number of esters is 2. The number of unbranched alkanes of at least 4 members (excludes halogenated alkanes) is 1. The summed E-state index contributed by atoms with van der Waals surface area (Å²) in [5, 5.41) is 0. The van der Waals surface area contributed by atoms with Crippen LogP contribution < -0.4 is 4.74 Å². The Morgan fingerprint density at radius 2 is 1.39 bits per heavy atom. The van der Waals surface area contributed by atoms with Crippen molar-refractivity contribution in [3.05, 3.63) is 137 Å². The second-order valence-corrected chi connectivity index (χ2v) is 10.7. The number of ether oxygens (including phenoxy) is 3. The van der Waals surface area contributed by atoms with Gasteiger partial charge in [-0.3, -0.25) is 9.69 Å². The third kappa shape index (κ3) is 10.9. The Kier molecular flexibility index (Phi) is 12.8. The van der Waals surface area contributed by atoms with Crippen LogP contribution in [0.3, 0.4) is 0 Å². The monoisotopic (exact) mass is 591 g/mol. The Bertz CT molecular complexity index is 1480. The zero-order chi connectivity index (χ0) is 31.0. The normalized spacial score (nSPS) is 11.1. The topological polar surface area (TPSA) is 65.1 Å². The van der Waals surface area contributed by atoms with E-state index in [2.05, 4.69) is 65.6 Å². The molecule has 0 atom stereocenters. The molecule has 0 aromatic heterocycles. The SMILES string of the molecule is COC(=O)CCCCN(CCc1cccc(OCc2ccc(C=Cc3ccccc3)cc2)c1)Cc1ccc(C(=O)OC)cc1. The summed E-state index contributed by atoms with van der Waals surface area (Å²) in [6.07, 6.45) is 7.17. The molecular weight excluding hydrogens is 550 g/mol. The lowest BCUT2D eigenvalue weighted by Gasteiger charge is -2.23. The van der Waals surface area contributed by atoms with Crippen molar-refractivity contribution in [1.82, 2.24) is 4.90 Å². The van der Waals surface area contributed by atoms with Crippen molar-refractivity contribution in [2.75, 3.05) is 27.3 Å². The van der Waals surface area contributed by atoms with Gasteiger partial charge in [0.2, 0.25) is 0 Å². The molecule has 0 fully saturated rings. The molecule has 0 unspecified atom stereocenters. The molecule has 228 valence electrons. The molecule has 0 N–H and O–H groups in total. The predicted octanol–water partition coefficient (Wildman–Crippen LogP) is 7.61. The summed E-state index contributed by atoms with van der Waals surface area (Å²) in [4.78, 5) is 25.7. The number of nitrogens with zero attached hydrogens (tertiary/aromatic N) is 1. The first kappa shape index (κ1) is 32.2. The minimum atomic E-state index is -0.341. The maximum Gasteiger partial charge on any atom is 0.337 e. The van der Waals surface area contributed by atoms with Crippen molar-refractivity contribution >= 4 is 24.1 Å². The van der Waals surface area contributed by atoms with Crippen molar-refractivity contribution in [2.45, 2.75) is 38.8 Å². The average Bonchev–Trinajstić information content (AvgIpc) is 3.08. The van der Waals surface area contributed by atoms with Gasteiger partial charge in [0.1, 0.15) is 12.4 Å². The minimum Gasteiger partial charge on any atom is -0.489 e. The van der Waals surface area contributed by atoms with E-state index in [9.17, 15) is 9.59 Å². The largest absolute Gasteiger partial charge is 0.489 e. The van der Waals surface area contributed by atoms with E-state index < -0.39 is 0 Å². The molecule has 6 heteroatoms. The van der Waals surface area contributed by atoms with Crippen LogP contribution in [0.5, 0.6) is 5.75 Å². The van der Waals surface area contributed by atoms with Crippen molar-refractivity contribution in [2.24, 2.45) is 0 Å². The van der Waals surface area contributed by atoms with Crippen LogP contribution in [-0.2, 0) is 33.8 Å². The van der Waals surface area contributed by atoms with Gasteiger partial charge < -0.3 is 14.2 Å². The molecule has 4 rings (SSSR count). The summed E-state index contributed by atoms with van der Waals surface area (Å²) in [5.41, 5.74) is 6.29. The van der Waals surface area contributed by atoms with Gasteiger partial charge in [-0.05, 0) is 77.9 Å². The standard InChI is InChI=1S/C38H41NO5/c1-42-37(40)13-6-7-25-39(28-33-20-22-35(23-21-33)38(41)43-2)26-24-32-11-8-12-36(27-32)44-29-34-18-16-31(17-19-34)15-14-30-9-4-3-5-10-30/h3-5,8-12,14-23,27H,6-7,13,24-26,28-29H2,1-2H3. The van der Waals surface area contributed by atoms with Crippen LogP contribution in [0.1, 0.15) is 57.4 Å². The third-order valence-corrected chi connectivity index (χ3v) is 7.38. The molecule has 0 heterocycles. The highest BCUT2D eigenvalue weighted by molar-refractivity contribution is 5.89. The average molecular weight is 592 g/mol. The van der Waals surface area contributed by atoms with Crippen LogP contribution in [0.2, 0.25) is 0 Å². The van der Waals surface area contributed by atoms with E-state index in [0.717, 1.165) is 61.3 Å². The van der Waals surface area contributed by atoms with Crippen LogP contribution in [0, 0.1) is 0 Å². The Balaban J connectivity index is 1.31. The maximum absolute atomic E-state index is 11.8. The third-order valence-electron chi connectivity index (χ3n) is 7.38. The quantitative estimate of drug-likeness (QED) is 0.0759. The number of rotatable bonds is 16. The molecule has 4 aromatic carbocycles. The zero-order valence-electron chi connectivity index (χ0n) is 25.6. The molecule has 0 saturated heterocycles. The highest BCUT2D eigenvalue weighted by atomic mass is 16.5.